The lowest BCUT2D eigenvalue weighted by Gasteiger charge is -2.40. The summed E-state index contributed by atoms with van der Waals surface area (Å²) in [6, 6.07) is 3.83. The second kappa shape index (κ2) is 6.59. The third-order valence-electron chi connectivity index (χ3n) is 4.62. The number of nitrogens with zero attached hydrogens (tertiary/aromatic N) is 2. The first kappa shape index (κ1) is 16.4. The molecule has 126 valence electrons. The van der Waals surface area contributed by atoms with Gasteiger partial charge in [0.2, 0.25) is 5.91 Å². The zero-order valence-electron chi connectivity index (χ0n) is 13.4. The van der Waals surface area contributed by atoms with Gasteiger partial charge in [-0.05, 0) is 31.9 Å². The third-order valence-corrected chi connectivity index (χ3v) is 5.60. The Morgan fingerprint density at radius 1 is 1.13 bits per heavy atom. The van der Waals surface area contributed by atoms with Crippen LogP contribution in [0.3, 0.4) is 0 Å². The Bertz CT molecular complexity index is 587. The van der Waals surface area contributed by atoms with Crippen molar-refractivity contribution in [3.05, 3.63) is 21.9 Å². The molecule has 2 amide bonds. The Labute approximate surface area is 140 Å². The molecule has 2 fully saturated rings. The summed E-state index contributed by atoms with van der Waals surface area (Å²) in [5.74, 6) is 0.0589. The molecule has 0 radical (unpaired) electrons. The van der Waals surface area contributed by atoms with Gasteiger partial charge in [-0.1, -0.05) is 0 Å². The Kier molecular flexibility index (Phi) is 4.70. The van der Waals surface area contributed by atoms with Gasteiger partial charge >= 0.3 is 0 Å². The van der Waals surface area contributed by atoms with Crippen LogP contribution in [0, 0.1) is 6.92 Å². The van der Waals surface area contributed by atoms with E-state index in [-0.39, 0.29) is 11.8 Å². The number of nitrogens with two attached hydrogens (primary N) is 1. The Morgan fingerprint density at radius 3 is 2.30 bits per heavy atom. The van der Waals surface area contributed by atoms with E-state index in [0.29, 0.717) is 52.2 Å². The minimum Gasteiger partial charge on any atom is -0.381 e. The van der Waals surface area contributed by atoms with Gasteiger partial charge in [0, 0.05) is 44.3 Å². The van der Waals surface area contributed by atoms with Crippen LogP contribution in [0.15, 0.2) is 12.1 Å². The van der Waals surface area contributed by atoms with E-state index in [9.17, 15) is 9.59 Å². The SMILES string of the molecule is Cc1ccc(C(=O)N2CCN(C(=O)C3(N)CCOCC3)CC2)s1. The average molecular weight is 337 g/mol. The molecule has 6 nitrogen and oxygen atoms in total. The van der Waals surface area contributed by atoms with Crippen molar-refractivity contribution in [1.29, 1.82) is 0 Å². The molecule has 2 saturated heterocycles. The number of amides is 2. The van der Waals surface area contributed by atoms with Crippen molar-refractivity contribution < 1.29 is 14.3 Å². The quantitative estimate of drug-likeness (QED) is 0.868. The molecule has 0 atom stereocenters. The predicted molar refractivity (Wildman–Crippen MR) is 88.5 cm³/mol. The normalized spacial score (nSPS) is 21.3. The maximum atomic E-state index is 12.7. The first-order valence-corrected chi connectivity index (χ1v) is 8.83. The predicted octanol–water partition coefficient (Wildman–Crippen LogP) is 0.849. The van der Waals surface area contributed by atoms with Gasteiger partial charge in [0.05, 0.1) is 10.4 Å². The summed E-state index contributed by atoms with van der Waals surface area (Å²) in [6.45, 7) is 5.30. The second-order valence-corrected chi connectivity index (χ2v) is 7.55. The Hall–Kier alpha value is -1.44. The minimum absolute atomic E-state index is 0.000123. The van der Waals surface area contributed by atoms with Gasteiger partial charge in [0.15, 0.2) is 0 Å². The number of carbonyl (C=O) groups is 2. The number of piperazine rings is 1. The molecule has 23 heavy (non-hydrogen) atoms. The molecule has 2 aliphatic heterocycles. The molecule has 0 bridgehead atoms. The number of carbonyl (C=O) groups excluding carboxylic acids is 2. The van der Waals surface area contributed by atoms with Gasteiger partial charge in [0.25, 0.3) is 5.91 Å². The lowest BCUT2D eigenvalue weighted by Crippen LogP contribution is -2.61. The minimum atomic E-state index is -0.796. The van der Waals surface area contributed by atoms with Crippen LogP contribution in [0.2, 0.25) is 0 Å². The highest BCUT2D eigenvalue weighted by Crippen LogP contribution is 2.22. The van der Waals surface area contributed by atoms with E-state index in [4.69, 9.17) is 10.5 Å². The molecular weight excluding hydrogens is 314 g/mol. The molecule has 0 spiro atoms. The van der Waals surface area contributed by atoms with Crippen LogP contribution in [-0.2, 0) is 9.53 Å². The molecule has 7 heteroatoms. The van der Waals surface area contributed by atoms with E-state index in [0.717, 1.165) is 9.75 Å². The van der Waals surface area contributed by atoms with Gasteiger partial charge in [-0.2, -0.15) is 0 Å². The number of rotatable bonds is 2. The fourth-order valence-electron chi connectivity index (χ4n) is 3.08. The second-order valence-electron chi connectivity index (χ2n) is 6.26. The number of hydrogen-bond donors (Lipinski definition) is 1. The zero-order valence-corrected chi connectivity index (χ0v) is 14.2. The van der Waals surface area contributed by atoms with Crippen molar-refractivity contribution in [3.63, 3.8) is 0 Å². The van der Waals surface area contributed by atoms with Crippen LogP contribution < -0.4 is 5.73 Å². The monoisotopic (exact) mass is 337 g/mol. The molecule has 0 aromatic carbocycles. The highest BCUT2D eigenvalue weighted by Gasteiger charge is 2.40. The molecule has 0 aliphatic carbocycles. The van der Waals surface area contributed by atoms with Crippen molar-refractivity contribution in [1.82, 2.24) is 9.80 Å². The molecule has 1 aromatic heterocycles. The van der Waals surface area contributed by atoms with Gasteiger partial charge in [-0.3, -0.25) is 9.59 Å². The van der Waals surface area contributed by atoms with E-state index in [1.807, 2.05) is 24.0 Å². The van der Waals surface area contributed by atoms with Gasteiger partial charge in [0.1, 0.15) is 0 Å². The number of thiophene rings is 1. The summed E-state index contributed by atoms with van der Waals surface area (Å²) in [4.78, 5) is 30.6. The van der Waals surface area contributed by atoms with Crippen molar-refractivity contribution in [2.45, 2.75) is 25.3 Å². The van der Waals surface area contributed by atoms with E-state index in [2.05, 4.69) is 0 Å². The van der Waals surface area contributed by atoms with Gasteiger partial charge in [-0.15, -0.1) is 11.3 Å². The molecular formula is C16H23N3O3S. The largest absolute Gasteiger partial charge is 0.381 e. The zero-order chi connectivity index (χ0) is 16.4. The first-order valence-electron chi connectivity index (χ1n) is 8.01. The van der Waals surface area contributed by atoms with E-state index < -0.39 is 5.54 Å². The molecule has 2 N–H and O–H groups in total. The van der Waals surface area contributed by atoms with E-state index >= 15 is 0 Å². The average Bonchev–Trinajstić information content (AvgIpc) is 3.01. The van der Waals surface area contributed by atoms with Crippen LogP contribution in [0.5, 0.6) is 0 Å². The molecule has 2 aliphatic rings. The van der Waals surface area contributed by atoms with E-state index in [1.54, 1.807) is 4.90 Å². The number of aryl methyl sites for hydroxylation is 1. The summed E-state index contributed by atoms with van der Waals surface area (Å²) in [5.41, 5.74) is 5.48. The Balaban J connectivity index is 1.57. The van der Waals surface area contributed by atoms with Crippen molar-refractivity contribution in [3.8, 4) is 0 Å². The summed E-state index contributed by atoms with van der Waals surface area (Å²) in [5, 5.41) is 0. The lowest BCUT2D eigenvalue weighted by molar-refractivity contribution is -0.142. The van der Waals surface area contributed by atoms with Gasteiger partial charge in [-0.25, -0.2) is 0 Å². The Morgan fingerprint density at radius 2 is 1.74 bits per heavy atom. The van der Waals surface area contributed by atoms with Crippen LogP contribution in [-0.4, -0.2) is 66.5 Å². The molecule has 3 heterocycles. The van der Waals surface area contributed by atoms with Gasteiger partial charge < -0.3 is 20.3 Å². The molecule has 3 rings (SSSR count). The summed E-state index contributed by atoms with van der Waals surface area (Å²) < 4.78 is 5.30. The fourth-order valence-corrected chi connectivity index (χ4v) is 3.92. The standard InChI is InChI=1S/C16H23N3O3S/c1-12-2-3-13(23-12)14(20)18-6-8-19(9-7-18)15(21)16(17)4-10-22-11-5-16/h2-3H,4-11,17H2,1H3. The number of ether oxygens (including phenoxy) is 1. The smallest absolute Gasteiger partial charge is 0.264 e. The fraction of sp³-hybridized carbons (Fsp3) is 0.625. The summed E-state index contributed by atoms with van der Waals surface area (Å²) in [7, 11) is 0. The van der Waals surface area contributed by atoms with Crippen LogP contribution >= 0.6 is 11.3 Å². The molecule has 0 saturated carbocycles. The topological polar surface area (TPSA) is 75.9 Å². The third kappa shape index (κ3) is 3.41. The molecule has 1 aromatic rings. The van der Waals surface area contributed by atoms with Crippen molar-refractivity contribution in [2.24, 2.45) is 5.73 Å². The van der Waals surface area contributed by atoms with Crippen LogP contribution in [0.25, 0.3) is 0 Å². The highest BCUT2D eigenvalue weighted by atomic mass is 32.1. The van der Waals surface area contributed by atoms with Crippen molar-refractivity contribution in [2.75, 3.05) is 39.4 Å². The lowest BCUT2D eigenvalue weighted by atomic mass is 9.89. The summed E-state index contributed by atoms with van der Waals surface area (Å²) in [6.07, 6.45) is 1.14. The first-order chi connectivity index (χ1) is 11.0. The van der Waals surface area contributed by atoms with Crippen LogP contribution in [0.4, 0.5) is 0 Å². The maximum absolute atomic E-state index is 12.7. The van der Waals surface area contributed by atoms with Crippen molar-refractivity contribution >= 4 is 23.2 Å². The number of hydrogen-bond acceptors (Lipinski definition) is 5. The molecule has 0 unspecified atom stereocenters. The maximum Gasteiger partial charge on any atom is 0.264 e. The summed E-state index contributed by atoms with van der Waals surface area (Å²) >= 11 is 1.51. The van der Waals surface area contributed by atoms with E-state index in [1.165, 1.54) is 11.3 Å². The van der Waals surface area contributed by atoms with Crippen LogP contribution in [0.1, 0.15) is 27.4 Å². The highest BCUT2D eigenvalue weighted by molar-refractivity contribution is 7.13.